The fraction of sp³-hybridized carbons (Fsp3) is 0.500. The van der Waals surface area contributed by atoms with Crippen molar-refractivity contribution in [1.82, 2.24) is 4.90 Å². The molecule has 5 nitrogen and oxygen atoms in total. The Bertz CT molecular complexity index is 557. The third-order valence-electron chi connectivity index (χ3n) is 4.59. The van der Waals surface area contributed by atoms with Crippen molar-refractivity contribution in [2.45, 2.75) is 50.3 Å². The van der Waals surface area contributed by atoms with Crippen LogP contribution >= 0.6 is 0 Å². The highest BCUT2D eigenvalue weighted by Crippen LogP contribution is 2.36. The Kier molecular flexibility index (Phi) is 3.68. The standard InChI is InChI=1S/C16H19NO4/c18-13-8-11-5-6-12(9-13)17(11)15(19)7-10-3-1-2-4-14(10)16(20)21/h1-4,11-13,18H,5-9H2,(H,20,21). The summed E-state index contributed by atoms with van der Waals surface area (Å²) >= 11 is 0. The molecular weight excluding hydrogens is 270 g/mol. The monoisotopic (exact) mass is 289 g/mol. The molecule has 0 saturated carbocycles. The summed E-state index contributed by atoms with van der Waals surface area (Å²) in [5.74, 6) is -1.03. The predicted octanol–water partition coefficient (Wildman–Crippen LogP) is 1.44. The molecule has 1 amide bonds. The predicted molar refractivity (Wildman–Crippen MR) is 76.0 cm³/mol. The molecule has 2 atom stereocenters. The van der Waals surface area contributed by atoms with E-state index < -0.39 is 5.97 Å². The summed E-state index contributed by atoms with van der Waals surface area (Å²) in [6, 6.07) is 6.87. The lowest BCUT2D eigenvalue weighted by Gasteiger charge is -2.37. The summed E-state index contributed by atoms with van der Waals surface area (Å²) in [6.07, 6.45) is 2.97. The fourth-order valence-corrected chi connectivity index (χ4v) is 3.69. The maximum absolute atomic E-state index is 12.6. The van der Waals surface area contributed by atoms with Gasteiger partial charge in [-0.1, -0.05) is 18.2 Å². The quantitative estimate of drug-likeness (QED) is 0.882. The van der Waals surface area contributed by atoms with Crippen LogP contribution < -0.4 is 0 Å². The normalized spacial score (nSPS) is 27.7. The number of piperidine rings is 1. The molecule has 3 rings (SSSR count). The number of aliphatic hydroxyl groups excluding tert-OH is 1. The summed E-state index contributed by atoms with van der Waals surface area (Å²) in [5.41, 5.74) is 0.746. The molecule has 1 aromatic rings. The first kappa shape index (κ1) is 14.1. The van der Waals surface area contributed by atoms with Crippen LogP contribution in [0.1, 0.15) is 41.6 Å². The molecule has 0 spiro atoms. The maximum Gasteiger partial charge on any atom is 0.335 e. The number of rotatable bonds is 3. The molecule has 2 heterocycles. The molecule has 112 valence electrons. The first-order valence-electron chi connectivity index (χ1n) is 7.36. The Morgan fingerprint density at radius 2 is 1.76 bits per heavy atom. The number of nitrogens with zero attached hydrogens (tertiary/aromatic N) is 1. The van der Waals surface area contributed by atoms with Gasteiger partial charge >= 0.3 is 5.97 Å². The van der Waals surface area contributed by atoms with Crippen LogP contribution in [0.5, 0.6) is 0 Å². The average Bonchev–Trinajstić information content (AvgIpc) is 2.71. The van der Waals surface area contributed by atoms with E-state index in [2.05, 4.69) is 0 Å². The van der Waals surface area contributed by atoms with Crippen molar-refractivity contribution in [3.8, 4) is 0 Å². The summed E-state index contributed by atoms with van der Waals surface area (Å²) in [5, 5.41) is 19.0. The van der Waals surface area contributed by atoms with E-state index >= 15 is 0 Å². The van der Waals surface area contributed by atoms with Gasteiger partial charge in [-0.25, -0.2) is 4.79 Å². The Morgan fingerprint density at radius 1 is 1.14 bits per heavy atom. The number of hydrogen-bond acceptors (Lipinski definition) is 3. The molecule has 2 fully saturated rings. The van der Waals surface area contributed by atoms with Gasteiger partial charge in [-0.05, 0) is 37.3 Å². The van der Waals surface area contributed by atoms with E-state index in [1.54, 1.807) is 18.2 Å². The first-order valence-corrected chi connectivity index (χ1v) is 7.36. The van der Waals surface area contributed by atoms with E-state index in [4.69, 9.17) is 0 Å². The lowest BCUT2D eigenvalue weighted by Crippen LogP contribution is -2.48. The summed E-state index contributed by atoms with van der Waals surface area (Å²) in [4.78, 5) is 25.6. The van der Waals surface area contributed by atoms with Crippen LogP contribution in [-0.4, -0.2) is 45.2 Å². The molecule has 0 radical (unpaired) electrons. The van der Waals surface area contributed by atoms with E-state index in [1.165, 1.54) is 6.07 Å². The van der Waals surface area contributed by atoms with Crippen LogP contribution in [0.2, 0.25) is 0 Å². The van der Waals surface area contributed by atoms with Gasteiger partial charge in [0.05, 0.1) is 18.1 Å². The largest absolute Gasteiger partial charge is 0.478 e. The number of benzene rings is 1. The van der Waals surface area contributed by atoms with Crippen LogP contribution in [0.25, 0.3) is 0 Å². The molecule has 5 heteroatoms. The smallest absolute Gasteiger partial charge is 0.335 e. The van der Waals surface area contributed by atoms with Crippen LogP contribution in [0.4, 0.5) is 0 Å². The zero-order valence-corrected chi connectivity index (χ0v) is 11.7. The van der Waals surface area contributed by atoms with Crippen LogP contribution in [-0.2, 0) is 11.2 Å². The van der Waals surface area contributed by atoms with Gasteiger partial charge in [-0.3, -0.25) is 4.79 Å². The number of carbonyl (C=O) groups excluding carboxylic acids is 1. The third-order valence-corrected chi connectivity index (χ3v) is 4.59. The Hall–Kier alpha value is -1.88. The van der Waals surface area contributed by atoms with Gasteiger partial charge in [0.1, 0.15) is 0 Å². The fourth-order valence-electron chi connectivity index (χ4n) is 3.69. The second-order valence-electron chi connectivity index (χ2n) is 5.95. The van der Waals surface area contributed by atoms with Crippen molar-refractivity contribution in [3.63, 3.8) is 0 Å². The van der Waals surface area contributed by atoms with Crippen molar-refractivity contribution in [2.75, 3.05) is 0 Å². The number of hydrogen-bond donors (Lipinski definition) is 2. The number of aliphatic hydroxyl groups is 1. The van der Waals surface area contributed by atoms with Gasteiger partial charge < -0.3 is 15.1 Å². The van der Waals surface area contributed by atoms with Gasteiger partial charge in [-0.15, -0.1) is 0 Å². The van der Waals surface area contributed by atoms with Crippen molar-refractivity contribution in [1.29, 1.82) is 0 Å². The van der Waals surface area contributed by atoms with Crippen molar-refractivity contribution >= 4 is 11.9 Å². The Labute approximate surface area is 123 Å². The molecule has 21 heavy (non-hydrogen) atoms. The minimum Gasteiger partial charge on any atom is -0.478 e. The van der Waals surface area contributed by atoms with E-state index in [0.717, 1.165) is 12.8 Å². The highest BCUT2D eigenvalue weighted by Gasteiger charge is 2.42. The lowest BCUT2D eigenvalue weighted by atomic mass is 9.98. The van der Waals surface area contributed by atoms with E-state index in [1.807, 2.05) is 4.90 Å². The minimum atomic E-state index is -1.00. The maximum atomic E-state index is 12.6. The highest BCUT2D eigenvalue weighted by atomic mass is 16.4. The molecule has 0 aliphatic carbocycles. The third kappa shape index (κ3) is 2.65. The van der Waals surface area contributed by atoms with Crippen LogP contribution in [0.3, 0.4) is 0 Å². The molecule has 2 bridgehead atoms. The van der Waals surface area contributed by atoms with Gasteiger partial charge in [-0.2, -0.15) is 0 Å². The van der Waals surface area contributed by atoms with E-state index in [-0.39, 0.29) is 36.1 Å². The van der Waals surface area contributed by atoms with Gasteiger partial charge in [0.2, 0.25) is 5.91 Å². The number of amides is 1. The lowest BCUT2D eigenvalue weighted by molar-refractivity contribution is -0.136. The van der Waals surface area contributed by atoms with Gasteiger partial charge in [0, 0.05) is 12.1 Å². The average molecular weight is 289 g/mol. The van der Waals surface area contributed by atoms with Crippen molar-refractivity contribution in [2.24, 2.45) is 0 Å². The summed E-state index contributed by atoms with van der Waals surface area (Å²) < 4.78 is 0. The molecule has 2 unspecified atom stereocenters. The Morgan fingerprint density at radius 3 is 2.38 bits per heavy atom. The molecule has 2 saturated heterocycles. The number of fused-ring (bicyclic) bond motifs is 2. The SMILES string of the molecule is O=C(O)c1ccccc1CC(=O)N1C2CCC1CC(O)C2. The molecule has 2 aliphatic rings. The van der Waals surface area contributed by atoms with Crippen molar-refractivity contribution < 1.29 is 19.8 Å². The van der Waals surface area contributed by atoms with Gasteiger partial charge in [0.15, 0.2) is 0 Å². The summed E-state index contributed by atoms with van der Waals surface area (Å²) in [7, 11) is 0. The van der Waals surface area contributed by atoms with Crippen molar-refractivity contribution in [3.05, 3.63) is 35.4 Å². The van der Waals surface area contributed by atoms with Crippen LogP contribution in [0.15, 0.2) is 24.3 Å². The second-order valence-corrected chi connectivity index (χ2v) is 5.95. The highest BCUT2D eigenvalue weighted by molar-refractivity contribution is 5.91. The zero-order valence-electron chi connectivity index (χ0n) is 11.7. The molecular formula is C16H19NO4. The molecule has 2 aliphatic heterocycles. The minimum absolute atomic E-state index is 0.0249. The number of carbonyl (C=O) groups is 2. The molecule has 0 aromatic heterocycles. The van der Waals surface area contributed by atoms with E-state index in [9.17, 15) is 19.8 Å². The van der Waals surface area contributed by atoms with Gasteiger partial charge in [0.25, 0.3) is 0 Å². The number of carboxylic acid groups (broad SMARTS) is 1. The zero-order chi connectivity index (χ0) is 15.0. The first-order chi connectivity index (χ1) is 10.1. The molecule has 2 N–H and O–H groups in total. The number of carboxylic acids is 1. The van der Waals surface area contributed by atoms with Crippen LogP contribution in [0, 0.1) is 0 Å². The van der Waals surface area contributed by atoms with E-state index in [0.29, 0.717) is 18.4 Å². The molecule has 1 aromatic carbocycles. The summed E-state index contributed by atoms with van der Waals surface area (Å²) in [6.45, 7) is 0. The topological polar surface area (TPSA) is 77.8 Å². The Balaban J connectivity index is 1.77. The number of aromatic carboxylic acids is 1. The second kappa shape index (κ2) is 5.48.